The van der Waals surface area contributed by atoms with Gasteiger partial charge in [-0.1, -0.05) is 33.1 Å². The lowest BCUT2D eigenvalue weighted by molar-refractivity contribution is 0.273. The lowest BCUT2D eigenvalue weighted by Gasteiger charge is -2.28. The van der Waals surface area contributed by atoms with E-state index >= 15 is 0 Å². The van der Waals surface area contributed by atoms with Crippen LogP contribution in [0, 0.1) is 11.8 Å². The summed E-state index contributed by atoms with van der Waals surface area (Å²) in [7, 11) is 4.35. The average Bonchev–Trinajstić information content (AvgIpc) is 2.26. The van der Waals surface area contributed by atoms with Gasteiger partial charge in [0.1, 0.15) is 0 Å². The Morgan fingerprint density at radius 3 is 2.29 bits per heavy atom. The fourth-order valence-electron chi connectivity index (χ4n) is 2.96. The second kappa shape index (κ2) is 8.10. The van der Waals surface area contributed by atoms with E-state index in [0.717, 1.165) is 11.8 Å². The fourth-order valence-corrected chi connectivity index (χ4v) is 2.96. The highest BCUT2D eigenvalue weighted by Crippen LogP contribution is 2.23. The lowest BCUT2D eigenvalue weighted by atomic mass is 9.89. The minimum absolute atomic E-state index is 0.673. The summed E-state index contributed by atoms with van der Waals surface area (Å²) < 4.78 is 0. The van der Waals surface area contributed by atoms with Gasteiger partial charge in [0.15, 0.2) is 0 Å². The van der Waals surface area contributed by atoms with Gasteiger partial charge in [0.2, 0.25) is 0 Å². The number of hydrogen-bond donors (Lipinski definition) is 1. The summed E-state index contributed by atoms with van der Waals surface area (Å²) in [6, 6.07) is 0.673. The van der Waals surface area contributed by atoms with E-state index in [2.05, 4.69) is 38.2 Å². The Balaban J connectivity index is 2.26. The van der Waals surface area contributed by atoms with Crippen LogP contribution in [-0.4, -0.2) is 38.1 Å². The van der Waals surface area contributed by atoms with E-state index in [1.165, 1.54) is 51.6 Å². The van der Waals surface area contributed by atoms with Crippen molar-refractivity contribution < 1.29 is 0 Å². The smallest absolute Gasteiger partial charge is 0.0197 e. The van der Waals surface area contributed by atoms with Crippen LogP contribution in [0.5, 0.6) is 0 Å². The topological polar surface area (TPSA) is 15.3 Å². The summed E-state index contributed by atoms with van der Waals surface area (Å²) in [4.78, 5) is 2.31. The Morgan fingerprint density at radius 1 is 1.12 bits per heavy atom. The standard InChI is InChI=1S/C15H32N2/c1-13(2)10-15(12-17(3)4)16-11-14-8-6-5-7-9-14/h13-16H,5-12H2,1-4H3. The van der Waals surface area contributed by atoms with Gasteiger partial charge in [0.05, 0.1) is 0 Å². The van der Waals surface area contributed by atoms with Gasteiger partial charge >= 0.3 is 0 Å². The Morgan fingerprint density at radius 2 is 1.76 bits per heavy atom. The molecule has 0 aromatic carbocycles. The van der Waals surface area contributed by atoms with Crippen molar-refractivity contribution >= 4 is 0 Å². The molecule has 1 atom stereocenters. The molecule has 1 saturated carbocycles. The van der Waals surface area contributed by atoms with Crippen LogP contribution >= 0.6 is 0 Å². The van der Waals surface area contributed by atoms with E-state index in [1.54, 1.807) is 0 Å². The number of nitrogens with zero attached hydrogens (tertiary/aromatic N) is 1. The molecule has 0 aliphatic heterocycles. The maximum Gasteiger partial charge on any atom is 0.0197 e. The molecule has 0 spiro atoms. The number of rotatable bonds is 7. The maximum absolute atomic E-state index is 3.81. The molecule has 0 amide bonds. The minimum atomic E-state index is 0.673. The number of likely N-dealkylation sites (N-methyl/N-ethyl adjacent to an activating group) is 1. The third-order valence-corrected chi connectivity index (χ3v) is 3.76. The molecule has 0 bridgehead atoms. The van der Waals surface area contributed by atoms with Crippen LogP contribution in [0.15, 0.2) is 0 Å². The summed E-state index contributed by atoms with van der Waals surface area (Å²) >= 11 is 0. The van der Waals surface area contributed by atoms with Gasteiger partial charge in [-0.2, -0.15) is 0 Å². The molecule has 2 nitrogen and oxygen atoms in total. The first-order chi connectivity index (χ1) is 8.08. The van der Waals surface area contributed by atoms with Crippen molar-refractivity contribution in [2.45, 2.75) is 58.4 Å². The van der Waals surface area contributed by atoms with E-state index in [4.69, 9.17) is 0 Å². The van der Waals surface area contributed by atoms with Crippen LogP contribution in [0.1, 0.15) is 52.4 Å². The van der Waals surface area contributed by atoms with Crippen molar-refractivity contribution in [1.82, 2.24) is 10.2 Å². The number of hydrogen-bond acceptors (Lipinski definition) is 2. The predicted octanol–water partition coefficient (Wildman–Crippen LogP) is 3.13. The molecular weight excluding hydrogens is 208 g/mol. The van der Waals surface area contributed by atoms with Gasteiger partial charge in [-0.05, 0) is 51.7 Å². The molecule has 0 aromatic heterocycles. The van der Waals surface area contributed by atoms with Crippen LogP contribution in [0.4, 0.5) is 0 Å². The normalized spacial score (nSPS) is 20.1. The van der Waals surface area contributed by atoms with Crippen LogP contribution < -0.4 is 5.32 Å². The summed E-state index contributed by atoms with van der Waals surface area (Å²) in [6.07, 6.45) is 8.56. The maximum atomic E-state index is 3.81. The van der Waals surface area contributed by atoms with Gasteiger partial charge in [-0.25, -0.2) is 0 Å². The van der Waals surface area contributed by atoms with Gasteiger partial charge in [-0.15, -0.1) is 0 Å². The second-order valence-corrected chi connectivity index (χ2v) is 6.50. The van der Waals surface area contributed by atoms with Crippen molar-refractivity contribution in [2.75, 3.05) is 27.2 Å². The Kier molecular flexibility index (Phi) is 7.14. The quantitative estimate of drug-likeness (QED) is 0.735. The molecule has 102 valence electrons. The molecular formula is C15H32N2. The van der Waals surface area contributed by atoms with Crippen LogP contribution in [0.3, 0.4) is 0 Å². The van der Waals surface area contributed by atoms with E-state index in [-0.39, 0.29) is 0 Å². The molecule has 1 fully saturated rings. The highest BCUT2D eigenvalue weighted by Gasteiger charge is 2.16. The van der Waals surface area contributed by atoms with Crippen LogP contribution in [0.25, 0.3) is 0 Å². The third kappa shape index (κ3) is 7.05. The molecule has 0 heterocycles. The zero-order valence-electron chi connectivity index (χ0n) is 12.3. The largest absolute Gasteiger partial charge is 0.312 e. The zero-order chi connectivity index (χ0) is 12.7. The fraction of sp³-hybridized carbons (Fsp3) is 1.00. The summed E-state index contributed by atoms with van der Waals surface area (Å²) in [5.74, 6) is 1.74. The molecule has 17 heavy (non-hydrogen) atoms. The lowest BCUT2D eigenvalue weighted by Crippen LogP contribution is -2.41. The van der Waals surface area contributed by atoms with Crippen molar-refractivity contribution in [3.8, 4) is 0 Å². The molecule has 0 aromatic rings. The Hall–Kier alpha value is -0.0800. The van der Waals surface area contributed by atoms with Crippen LogP contribution in [0.2, 0.25) is 0 Å². The van der Waals surface area contributed by atoms with E-state index < -0.39 is 0 Å². The first-order valence-corrected chi connectivity index (χ1v) is 7.46. The molecule has 2 heteroatoms. The molecule has 1 N–H and O–H groups in total. The van der Waals surface area contributed by atoms with Crippen molar-refractivity contribution in [1.29, 1.82) is 0 Å². The van der Waals surface area contributed by atoms with Crippen molar-refractivity contribution in [3.63, 3.8) is 0 Å². The zero-order valence-corrected chi connectivity index (χ0v) is 12.3. The van der Waals surface area contributed by atoms with Crippen molar-refractivity contribution in [3.05, 3.63) is 0 Å². The highest BCUT2D eigenvalue weighted by atomic mass is 15.1. The first-order valence-electron chi connectivity index (χ1n) is 7.46. The Labute approximate surface area is 108 Å². The molecule has 1 unspecified atom stereocenters. The Bertz CT molecular complexity index is 173. The molecule has 1 rings (SSSR count). The van der Waals surface area contributed by atoms with Gasteiger partial charge in [0.25, 0.3) is 0 Å². The minimum Gasteiger partial charge on any atom is -0.312 e. The van der Waals surface area contributed by atoms with Crippen LogP contribution in [-0.2, 0) is 0 Å². The highest BCUT2D eigenvalue weighted by molar-refractivity contribution is 4.75. The first kappa shape index (κ1) is 15.0. The summed E-state index contributed by atoms with van der Waals surface area (Å²) in [5, 5.41) is 3.81. The molecule has 0 saturated heterocycles. The summed E-state index contributed by atoms with van der Waals surface area (Å²) in [5.41, 5.74) is 0. The van der Waals surface area contributed by atoms with Gasteiger partial charge < -0.3 is 10.2 Å². The molecule has 1 aliphatic carbocycles. The van der Waals surface area contributed by atoms with Gasteiger partial charge in [0, 0.05) is 12.6 Å². The van der Waals surface area contributed by atoms with E-state index in [9.17, 15) is 0 Å². The third-order valence-electron chi connectivity index (χ3n) is 3.76. The van der Waals surface area contributed by atoms with E-state index in [0.29, 0.717) is 6.04 Å². The average molecular weight is 240 g/mol. The van der Waals surface area contributed by atoms with Gasteiger partial charge in [-0.3, -0.25) is 0 Å². The number of nitrogens with one attached hydrogen (secondary N) is 1. The summed E-state index contributed by atoms with van der Waals surface area (Å²) in [6.45, 7) is 7.06. The second-order valence-electron chi connectivity index (χ2n) is 6.50. The molecule has 1 aliphatic rings. The monoisotopic (exact) mass is 240 g/mol. The SMILES string of the molecule is CC(C)CC(CN(C)C)NCC1CCCCC1. The molecule has 0 radical (unpaired) electrons. The van der Waals surface area contributed by atoms with E-state index in [1.807, 2.05) is 0 Å². The van der Waals surface area contributed by atoms with Crippen molar-refractivity contribution in [2.24, 2.45) is 11.8 Å². The predicted molar refractivity (Wildman–Crippen MR) is 76.4 cm³/mol.